The maximum atomic E-state index is 12.5. The van der Waals surface area contributed by atoms with Gasteiger partial charge < -0.3 is 9.73 Å². The second kappa shape index (κ2) is 5.86. The van der Waals surface area contributed by atoms with Crippen molar-refractivity contribution in [2.45, 2.75) is 0 Å². The number of amides is 1. The van der Waals surface area contributed by atoms with Crippen LogP contribution in [0.5, 0.6) is 0 Å². The zero-order valence-corrected chi connectivity index (χ0v) is 13.9. The Morgan fingerprint density at radius 1 is 0.833 bits per heavy atom. The lowest BCUT2D eigenvalue weighted by Gasteiger charge is -2.06. The predicted molar refractivity (Wildman–Crippen MR) is 98.1 cm³/mol. The van der Waals surface area contributed by atoms with E-state index < -0.39 is 0 Å². The number of para-hydroxylation sites is 1. The second-order valence-corrected chi connectivity index (χ2v) is 6.21. The van der Waals surface area contributed by atoms with Crippen LogP contribution in [0.25, 0.3) is 21.9 Å². The Morgan fingerprint density at radius 3 is 2.46 bits per heavy atom. The third-order valence-electron chi connectivity index (χ3n) is 3.82. The number of hydrogen-bond acceptors (Lipinski definition) is 2. The molecule has 0 radical (unpaired) electrons. The predicted octanol–water partition coefficient (Wildman–Crippen LogP) is 6.15. The molecule has 0 fully saturated rings. The summed E-state index contributed by atoms with van der Waals surface area (Å²) in [7, 11) is 0. The van der Waals surface area contributed by atoms with Crippen LogP contribution in [0.15, 0.2) is 65.1 Å². The zero-order valence-electron chi connectivity index (χ0n) is 12.3. The van der Waals surface area contributed by atoms with Crippen LogP contribution in [0.1, 0.15) is 10.4 Å². The Hall–Kier alpha value is -2.49. The summed E-state index contributed by atoms with van der Waals surface area (Å²) in [5.74, 6) is -0.222. The minimum atomic E-state index is -0.222. The van der Waals surface area contributed by atoms with Gasteiger partial charge in [0.25, 0.3) is 5.91 Å². The molecule has 0 saturated carbocycles. The minimum Gasteiger partial charge on any atom is -0.456 e. The van der Waals surface area contributed by atoms with Crippen LogP contribution in [0, 0.1) is 0 Å². The molecule has 1 aromatic heterocycles. The number of carbonyl (C=O) groups is 1. The highest BCUT2D eigenvalue weighted by Gasteiger charge is 2.12. The van der Waals surface area contributed by atoms with E-state index in [1.54, 1.807) is 30.3 Å². The van der Waals surface area contributed by atoms with Crippen molar-refractivity contribution in [2.24, 2.45) is 0 Å². The van der Waals surface area contributed by atoms with Crippen LogP contribution in [0.4, 0.5) is 5.69 Å². The third-order valence-corrected chi connectivity index (χ3v) is 4.56. The van der Waals surface area contributed by atoms with Gasteiger partial charge in [-0.1, -0.05) is 41.4 Å². The lowest BCUT2D eigenvalue weighted by Crippen LogP contribution is -2.11. The van der Waals surface area contributed by atoms with Gasteiger partial charge in [0.2, 0.25) is 0 Å². The number of fused-ring (bicyclic) bond motifs is 3. The highest BCUT2D eigenvalue weighted by Crippen LogP contribution is 2.30. The fraction of sp³-hybridized carbons (Fsp3) is 0. The van der Waals surface area contributed by atoms with Crippen molar-refractivity contribution in [3.63, 3.8) is 0 Å². The van der Waals surface area contributed by atoms with Gasteiger partial charge >= 0.3 is 0 Å². The van der Waals surface area contributed by atoms with Gasteiger partial charge in [0.05, 0.1) is 10.0 Å². The number of hydrogen-bond donors (Lipinski definition) is 1. The average molecular weight is 356 g/mol. The molecule has 3 aromatic carbocycles. The maximum absolute atomic E-state index is 12.5. The molecule has 0 bridgehead atoms. The molecule has 0 aliphatic rings. The maximum Gasteiger partial charge on any atom is 0.255 e. The number of anilines is 1. The van der Waals surface area contributed by atoms with Crippen LogP contribution < -0.4 is 5.32 Å². The minimum absolute atomic E-state index is 0.222. The molecule has 0 aliphatic carbocycles. The number of halogens is 2. The molecule has 4 aromatic rings. The van der Waals surface area contributed by atoms with Crippen LogP contribution in [-0.4, -0.2) is 5.91 Å². The number of benzene rings is 3. The quantitative estimate of drug-likeness (QED) is 0.468. The van der Waals surface area contributed by atoms with Crippen molar-refractivity contribution in [3.8, 4) is 0 Å². The molecule has 1 amide bonds. The molecule has 0 unspecified atom stereocenters. The first kappa shape index (κ1) is 15.1. The Morgan fingerprint density at radius 2 is 1.62 bits per heavy atom. The van der Waals surface area contributed by atoms with E-state index in [2.05, 4.69) is 5.32 Å². The lowest BCUT2D eigenvalue weighted by atomic mass is 10.1. The molecule has 0 saturated heterocycles. The third kappa shape index (κ3) is 2.62. The van der Waals surface area contributed by atoms with E-state index >= 15 is 0 Å². The number of carbonyl (C=O) groups excluding carboxylic acids is 1. The van der Waals surface area contributed by atoms with Gasteiger partial charge in [-0.25, -0.2) is 0 Å². The number of nitrogens with one attached hydrogen (secondary N) is 1. The van der Waals surface area contributed by atoms with E-state index in [1.807, 2.05) is 30.3 Å². The molecular formula is C19H11Cl2NO2. The Bertz CT molecular complexity index is 1090. The van der Waals surface area contributed by atoms with Gasteiger partial charge in [0.1, 0.15) is 11.2 Å². The van der Waals surface area contributed by atoms with Crippen LogP contribution in [0.2, 0.25) is 10.0 Å². The average Bonchev–Trinajstić information content (AvgIpc) is 2.96. The van der Waals surface area contributed by atoms with Gasteiger partial charge in [0, 0.05) is 22.0 Å². The van der Waals surface area contributed by atoms with E-state index in [0.29, 0.717) is 21.3 Å². The van der Waals surface area contributed by atoms with E-state index in [4.69, 9.17) is 27.6 Å². The fourth-order valence-corrected chi connectivity index (χ4v) is 2.94. The van der Waals surface area contributed by atoms with Crippen molar-refractivity contribution >= 4 is 56.7 Å². The lowest BCUT2D eigenvalue weighted by molar-refractivity contribution is 0.102. The molecule has 5 heteroatoms. The largest absolute Gasteiger partial charge is 0.456 e. The highest BCUT2D eigenvalue weighted by atomic mass is 35.5. The number of rotatable bonds is 2. The SMILES string of the molecule is O=C(Nc1ccc(Cl)c(Cl)c1)c1ccc2oc3ccccc3c2c1. The van der Waals surface area contributed by atoms with Crippen molar-refractivity contribution in [1.82, 2.24) is 0 Å². The highest BCUT2D eigenvalue weighted by molar-refractivity contribution is 6.42. The standard InChI is InChI=1S/C19H11Cl2NO2/c20-15-7-6-12(10-16(15)21)22-19(23)11-5-8-18-14(9-11)13-3-1-2-4-17(13)24-18/h1-10H,(H,22,23). The van der Waals surface area contributed by atoms with Crippen molar-refractivity contribution in [2.75, 3.05) is 5.32 Å². The summed E-state index contributed by atoms with van der Waals surface area (Å²) >= 11 is 11.9. The molecule has 24 heavy (non-hydrogen) atoms. The first-order valence-corrected chi connectivity index (χ1v) is 8.05. The monoisotopic (exact) mass is 355 g/mol. The van der Waals surface area contributed by atoms with E-state index in [-0.39, 0.29) is 5.91 Å². The van der Waals surface area contributed by atoms with E-state index in [9.17, 15) is 4.79 Å². The summed E-state index contributed by atoms with van der Waals surface area (Å²) in [6.07, 6.45) is 0. The zero-order chi connectivity index (χ0) is 16.7. The molecular weight excluding hydrogens is 345 g/mol. The number of furan rings is 1. The molecule has 0 atom stereocenters. The summed E-state index contributed by atoms with van der Waals surface area (Å²) in [6, 6.07) is 18.1. The summed E-state index contributed by atoms with van der Waals surface area (Å²) < 4.78 is 5.77. The first-order valence-electron chi connectivity index (χ1n) is 7.29. The van der Waals surface area contributed by atoms with Crippen LogP contribution in [0.3, 0.4) is 0 Å². The Balaban J connectivity index is 1.71. The van der Waals surface area contributed by atoms with Crippen LogP contribution >= 0.6 is 23.2 Å². The summed E-state index contributed by atoms with van der Waals surface area (Å²) in [4.78, 5) is 12.5. The van der Waals surface area contributed by atoms with E-state index in [0.717, 1.165) is 21.9 Å². The molecule has 0 spiro atoms. The van der Waals surface area contributed by atoms with Gasteiger partial charge in [-0.2, -0.15) is 0 Å². The van der Waals surface area contributed by atoms with Gasteiger partial charge in [-0.15, -0.1) is 0 Å². The topological polar surface area (TPSA) is 42.2 Å². The second-order valence-electron chi connectivity index (χ2n) is 5.39. The summed E-state index contributed by atoms with van der Waals surface area (Å²) in [6.45, 7) is 0. The van der Waals surface area contributed by atoms with Crippen molar-refractivity contribution in [3.05, 3.63) is 76.3 Å². The summed E-state index contributed by atoms with van der Waals surface area (Å²) in [5.41, 5.74) is 2.68. The molecule has 1 heterocycles. The van der Waals surface area contributed by atoms with Gasteiger partial charge in [-0.3, -0.25) is 4.79 Å². The Kier molecular flexibility index (Phi) is 3.68. The molecule has 0 aliphatic heterocycles. The first-order chi connectivity index (χ1) is 11.6. The molecule has 3 nitrogen and oxygen atoms in total. The van der Waals surface area contributed by atoms with Gasteiger partial charge in [-0.05, 0) is 42.5 Å². The fourth-order valence-electron chi connectivity index (χ4n) is 2.64. The van der Waals surface area contributed by atoms with Crippen LogP contribution in [-0.2, 0) is 0 Å². The van der Waals surface area contributed by atoms with Crippen molar-refractivity contribution in [1.29, 1.82) is 0 Å². The van der Waals surface area contributed by atoms with E-state index in [1.165, 1.54) is 0 Å². The van der Waals surface area contributed by atoms with Gasteiger partial charge in [0.15, 0.2) is 0 Å². The Labute approximate surface area is 147 Å². The smallest absolute Gasteiger partial charge is 0.255 e. The normalized spacial score (nSPS) is 11.1. The molecule has 118 valence electrons. The molecule has 4 rings (SSSR count). The van der Waals surface area contributed by atoms with Crippen molar-refractivity contribution < 1.29 is 9.21 Å². The molecule has 1 N–H and O–H groups in total. The summed E-state index contributed by atoms with van der Waals surface area (Å²) in [5, 5.41) is 5.55.